The number of fused-ring (bicyclic) bond motifs is 1. The summed E-state index contributed by atoms with van der Waals surface area (Å²) in [7, 11) is 0. The summed E-state index contributed by atoms with van der Waals surface area (Å²) in [5, 5.41) is 0. The summed E-state index contributed by atoms with van der Waals surface area (Å²) in [6.45, 7) is 13.3. The molecule has 106 valence electrons. The summed E-state index contributed by atoms with van der Waals surface area (Å²) < 4.78 is 0. The lowest BCUT2D eigenvalue weighted by atomic mass is 9.74. The number of nitrogens with zero attached hydrogens (tertiary/aromatic N) is 1. The quantitative estimate of drug-likeness (QED) is 0.902. The molecular weight excluding hydrogens is 232 g/mol. The van der Waals surface area contributed by atoms with E-state index in [4.69, 9.17) is 5.73 Å². The van der Waals surface area contributed by atoms with E-state index in [1.807, 2.05) is 0 Å². The lowest BCUT2D eigenvalue weighted by Gasteiger charge is -2.45. The molecule has 0 bridgehead atoms. The third-order valence-electron chi connectivity index (χ3n) is 4.76. The first-order valence-corrected chi connectivity index (χ1v) is 7.32. The molecule has 0 spiro atoms. The molecule has 1 aliphatic heterocycles. The lowest BCUT2D eigenvalue weighted by molar-refractivity contribution is 0.204. The van der Waals surface area contributed by atoms with Crippen LogP contribution in [0, 0.1) is 11.3 Å². The molecule has 19 heavy (non-hydrogen) atoms. The molecule has 1 atom stereocenters. The van der Waals surface area contributed by atoms with Crippen LogP contribution in [0.25, 0.3) is 0 Å². The van der Waals surface area contributed by atoms with Crippen molar-refractivity contribution < 1.29 is 0 Å². The number of nitrogens with two attached hydrogens (primary N) is 1. The van der Waals surface area contributed by atoms with Crippen molar-refractivity contribution in [3.8, 4) is 0 Å². The molecule has 1 unspecified atom stereocenters. The number of benzene rings is 1. The minimum Gasteiger partial charge on any atom is -0.370 e. The average Bonchev–Trinajstić information content (AvgIpc) is 2.26. The molecule has 0 radical (unpaired) electrons. The highest BCUT2D eigenvalue weighted by Crippen LogP contribution is 2.35. The smallest absolute Gasteiger partial charge is 0.0399 e. The minimum absolute atomic E-state index is 0.0805. The Labute approximate surface area is 118 Å². The van der Waals surface area contributed by atoms with Gasteiger partial charge in [0.2, 0.25) is 0 Å². The highest BCUT2D eigenvalue weighted by atomic mass is 15.2. The van der Waals surface area contributed by atoms with Gasteiger partial charge in [-0.3, -0.25) is 0 Å². The molecule has 2 heteroatoms. The number of anilines is 1. The summed E-state index contributed by atoms with van der Waals surface area (Å²) in [5.74, 6) is 0.714. The van der Waals surface area contributed by atoms with Crippen molar-refractivity contribution in [3.63, 3.8) is 0 Å². The minimum atomic E-state index is -0.178. The van der Waals surface area contributed by atoms with Crippen LogP contribution >= 0.6 is 0 Å². The average molecular weight is 260 g/mol. The highest BCUT2D eigenvalue weighted by molar-refractivity contribution is 5.56. The van der Waals surface area contributed by atoms with Gasteiger partial charge in [0, 0.05) is 24.3 Å². The Bertz CT molecular complexity index is 443. The maximum Gasteiger partial charge on any atom is 0.0399 e. The summed E-state index contributed by atoms with van der Waals surface area (Å²) in [5.41, 5.74) is 9.14. The van der Waals surface area contributed by atoms with Gasteiger partial charge in [0.15, 0.2) is 0 Å². The van der Waals surface area contributed by atoms with Gasteiger partial charge in [-0.05, 0) is 43.2 Å². The van der Waals surface area contributed by atoms with E-state index in [0.717, 1.165) is 13.1 Å². The van der Waals surface area contributed by atoms with Gasteiger partial charge in [-0.2, -0.15) is 0 Å². The SMILES string of the molecule is CC1Cc2ccccc2N(CC(C)(C)C(C)(C)N)C1. The van der Waals surface area contributed by atoms with Crippen molar-refractivity contribution in [2.75, 3.05) is 18.0 Å². The Balaban J connectivity index is 2.27. The predicted octanol–water partition coefficient (Wildman–Crippen LogP) is 3.45. The van der Waals surface area contributed by atoms with E-state index in [9.17, 15) is 0 Å². The fraction of sp³-hybridized carbons (Fsp3) is 0.647. The zero-order chi connectivity index (χ0) is 14.3. The molecule has 0 amide bonds. The molecule has 1 aromatic rings. The molecule has 0 saturated heterocycles. The van der Waals surface area contributed by atoms with Gasteiger partial charge < -0.3 is 10.6 Å². The van der Waals surface area contributed by atoms with Gasteiger partial charge in [0.25, 0.3) is 0 Å². The van der Waals surface area contributed by atoms with Crippen LogP contribution in [0.3, 0.4) is 0 Å². The van der Waals surface area contributed by atoms with Crippen LogP contribution in [0.5, 0.6) is 0 Å². The van der Waals surface area contributed by atoms with E-state index in [2.05, 4.69) is 63.8 Å². The highest BCUT2D eigenvalue weighted by Gasteiger charge is 2.36. The van der Waals surface area contributed by atoms with Gasteiger partial charge in [0.1, 0.15) is 0 Å². The molecular formula is C17H28N2. The molecule has 1 aromatic carbocycles. The van der Waals surface area contributed by atoms with Crippen LogP contribution in [-0.4, -0.2) is 18.6 Å². The first kappa shape index (κ1) is 14.4. The summed E-state index contributed by atoms with van der Waals surface area (Å²) in [6.07, 6.45) is 1.19. The van der Waals surface area contributed by atoms with Crippen LogP contribution in [-0.2, 0) is 6.42 Å². The van der Waals surface area contributed by atoms with Crippen molar-refractivity contribution >= 4 is 5.69 Å². The first-order valence-electron chi connectivity index (χ1n) is 7.32. The van der Waals surface area contributed by atoms with Gasteiger partial charge >= 0.3 is 0 Å². The van der Waals surface area contributed by atoms with Crippen molar-refractivity contribution in [1.29, 1.82) is 0 Å². The Morgan fingerprint density at radius 3 is 2.47 bits per heavy atom. The molecule has 2 N–H and O–H groups in total. The Morgan fingerprint density at radius 1 is 1.21 bits per heavy atom. The first-order chi connectivity index (χ1) is 8.71. The second kappa shape index (κ2) is 4.82. The second-order valence-electron chi connectivity index (χ2n) is 7.42. The van der Waals surface area contributed by atoms with E-state index in [1.54, 1.807) is 0 Å². The van der Waals surface area contributed by atoms with Crippen molar-refractivity contribution in [2.24, 2.45) is 17.1 Å². The molecule has 0 fully saturated rings. The van der Waals surface area contributed by atoms with Crippen molar-refractivity contribution in [2.45, 2.75) is 46.6 Å². The van der Waals surface area contributed by atoms with Crippen LogP contribution in [0.15, 0.2) is 24.3 Å². The topological polar surface area (TPSA) is 29.3 Å². The Kier molecular flexibility index (Phi) is 3.65. The summed E-state index contributed by atoms with van der Waals surface area (Å²) in [4.78, 5) is 2.53. The van der Waals surface area contributed by atoms with E-state index in [1.165, 1.54) is 17.7 Å². The van der Waals surface area contributed by atoms with E-state index in [-0.39, 0.29) is 11.0 Å². The van der Waals surface area contributed by atoms with Gasteiger partial charge in [-0.25, -0.2) is 0 Å². The van der Waals surface area contributed by atoms with E-state index < -0.39 is 0 Å². The maximum absolute atomic E-state index is 6.36. The number of rotatable bonds is 3. The molecule has 2 nitrogen and oxygen atoms in total. The van der Waals surface area contributed by atoms with Gasteiger partial charge in [-0.1, -0.05) is 39.0 Å². The monoisotopic (exact) mass is 260 g/mol. The zero-order valence-electron chi connectivity index (χ0n) is 13.0. The molecule has 0 aromatic heterocycles. The second-order valence-corrected chi connectivity index (χ2v) is 7.42. The van der Waals surface area contributed by atoms with Crippen LogP contribution in [0.4, 0.5) is 5.69 Å². The third kappa shape index (κ3) is 2.94. The standard InChI is InChI=1S/C17H28N2/c1-13-10-14-8-6-7-9-15(14)19(11-13)12-16(2,3)17(4,5)18/h6-9,13H,10-12,18H2,1-5H3. The van der Waals surface area contributed by atoms with E-state index >= 15 is 0 Å². The molecule has 1 heterocycles. The number of para-hydroxylation sites is 1. The van der Waals surface area contributed by atoms with Crippen molar-refractivity contribution in [3.05, 3.63) is 29.8 Å². The Morgan fingerprint density at radius 2 is 1.84 bits per heavy atom. The zero-order valence-corrected chi connectivity index (χ0v) is 13.0. The Hall–Kier alpha value is -1.02. The van der Waals surface area contributed by atoms with Crippen LogP contribution < -0.4 is 10.6 Å². The number of hydrogen-bond donors (Lipinski definition) is 1. The van der Waals surface area contributed by atoms with Crippen LogP contribution in [0.2, 0.25) is 0 Å². The lowest BCUT2D eigenvalue weighted by Crippen LogP contribution is -2.54. The fourth-order valence-electron chi connectivity index (χ4n) is 2.74. The molecule has 1 aliphatic rings. The van der Waals surface area contributed by atoms with Gasteiger partial charge in [-0.15, -0.1) is 0 Å². The molecule has 0 aliphatic carbocycles. The largest absolute Gasteiger partial charge is 0.370 e. The number of hydrogen-bond acceptors (Lipinski definition) is 2. The van der Waals surface area contributed by atoms with Crippen molar-refractivity contribution in [1.82, 2.24) is 0 Å². The van der Waals surface area contributed by atoms with Gasteiger partial charge in [0.05, 0.1) is 0 Å². The molecule has 0 saturated carbocycles. The summed E-state index contributed by atoms with van der Waals surface area (Å²) >= 11 is 0. The summed E-state index contributed by atoms with van der Waals surface area (Å²) in [6, 6.07) is 8.80. The predicted molar refractivity (Wildman–Crippen MR) is 83.6 cm³/mol. The maximum atomic E-state index is 6.36. The molecule has 2 rings (SSSR count). The third-order valence-corrected chi connectivity index (χ3v) is 4.76. The van der Waals surface area contributed by atoms with E-state index in [0.29, 0.717) is 5.92 Å². The fourth-order valence-corrected chi connectivity index (χ4v) is 2.74. The van der Waals surface area contributed by atoms with Crippen LogP contribution in [0.1, 0.15) is 40.2 Å². The normalized spacial score (nSPS) is 20.3.